The van der Waals surface area contributed by atoms with E-state index in [0.29, 0.717) is 5.75 Å². The van der Waals surface area contributed by atoms with Crippen LogP contribution in [-0.4, -0.2) is 0 Å². The highest BCUT2D eigenvalue weighted by atomic mass is 19.1. The van der Waals surface area contributed by atoms with Gasteiger partial charge in [-0.25, -0.2) is 4.39 Å². The third-order valence-corrected chi connectivity index (χ3v) is 3.03. The monoisotopic (exact) mass is 269 g/mol. The first-order valence-corrected chi connectivity index (χ1v) is 6.69. The van der Waals surface area contributed by atoms with E-state index in [0.717, 1.165) is 19.3 Å². The molecule has 0 aliphatic carbocycles. The minimum Gasteiger partial charge on any atom is -0.454 e. The predicted octanol–water partition coefficient (Wildman–Crippen LogP) is 4.83. The Morgan fingerprint density at radius 1 is 1.15 bits per heavy atom. The van der Waals surface area contributed by atoms with E-state index in [1.165, 1.54) is 23.8 Å². The molecule has 0 N–H and O–H groups in total. The molecule has 0 aliphatic heterocycles. The van der Waals surface area contributed by atoms with Crippen LogP contribution in [0, 0.1) is 17.1 Å². The Balaban J connectivity index is 2.08. The van der Waals surface area contributed by atoms with Crippen LogP contribution in [0.3, 0.4) is 0 Å². The molecule has 102 valence electrons. The molecule has 2 aromatic rings. The third-order valence-electron chi connectivity index (χ3n) is 3.03. The Kier molecular flexibility index (Phi) is 4.73. The van der Waals surface area contributed by atoms with Gasteiger partial charge in [0.1, 0.15) is 5.75 Å². The van der Waals surface area contributed by atoms with Gasteiger partial charge in [-0.1, -0.05) is 25.5 Å². The van der Waals surface area contributed by atoms with Crippen LogP contribution in [-0.2, 0) is 6.42 Å². The molecule has 0 saturated heterocycles. The summed E-state index contributed by atoms with van der Waals surface area (Å²) in [7, 11) is 0. The van der Waals surface area contributed by atoms with Crippen molar-refractivity contribution in [3.05, 3.63) is 59.4 Å². The molecule has 0 aliphatic rings. The lowest BCUT2D eigenvalue weighted by Crippen LogP contribution is -1.90. The number of hydrogen-bond donors (Lipinski definition) is 0. The molecule has 2 aromatic carbocycles. The molecule has 0 amide bonds. The number of unbranched alkanes of at least 4 members (excludes halogenated alkanes) is 1. The van der Waals surface area contributed by atoms with Crippen LogP contribution in [0.15, 0.2) is 42.5 Å². The zero-order valence-electron chi connectivity index (χ0n) is 11.4. The number of hydrogen-bond acceptors (Lipinski definition) is 2. The second-order valence-electron chi connectivity index (χ2n) is 4.61. The van der Waals surface area contributed by atoms with Gasteiger partial charge in [0.05, 0.1) is 11.6 Å². The second kappa shape index (κ2) is 6.72. The van der Waals surface area contributed by atoms with Crippen LogP contribution < -0.4 is 4.74 Å². The lowest BCUT2D eigenvalue weighted by molar-refractivity contribution is 0.442. The first-order chi connectivity index (χ1) is 9.72. The Hall–Kier alpha value is -2.34. The SMILES string of the molecule is CCCCc1ccc(Oc2ccc(C#N)cc2F)cc1. The fourth-order valence-electron chi connectivity index (χ4n) is 1.89. The quantitative estimate of drug-likeness (QED) is 0.778. The zero-order valence-corrected chi connectivity index (χ0v) is 11.4. The molecular formula is C17H16FNO. The van der Waals surface area contributed by atoms with Gasteiger partial charge in [-0.15, -0.1) is 0 Å². The first-order valence-electron chi connectivity index (χ1n) is 6.69. The van der Waals surface area contributed by atoms with Crippen LogP contribution in [0.25, 0.3) is 0 Å². The van der Waals surface area contributed by atoms with E-state index < -0.39 is 5.82 Å². The second-order valence-corrected chi connectivity index (χ2v) is 4.61. The van der Waals surface area contributed by atoms with Gasteiger partial charge in [0.2, 0.25) is 0 Å². The Labute approximate surface area is 118 Å². The Morgan fingerprint density at radius 2 is 1.90 bits per heavy atom. The van der Waals surface area contributed by atoms with Gasteiger partial charge in [-0.05, 0) is 48.7 Å². The minimum atomic E-state index is -0.529. The largest absolute Gasteiger partial charge is 0.454 e. The van der Waals surface area contributed by atoms with Crippen molar-refractivity contribution in [1.82, 2.24) is 0 Å². The number of rotatable bonds is 5. The van der Waals surface area contributed by atoms with Gasteiger partial charge in [0, 0.05) is 0 Å². The molecule has 3 heteroatoms. The molecule has 0 spiro atoms. The first kappa shape index (κ1) is 14.1. The van der Waals surface area contributed by atoms with Gasteiger partial charge in [-0.3, -0.25) is 0 Å². The fourth-order valence-corrected chi connectivity index (χ4v) is 1.89. The standard InChI is InChI=1S/C17H16FNO/c1-2-3-4-13-5-8-15(9-6-13)20-17-10-7-14(12-19)11-16(17)18/h5-11H,2-4H2,1H3. The van der Waals surface area contributed by atoms with Crippen molar-refractivity contribution < 1.29 is 9.13 Å². The van der Waals surface area contributed by atoms with Crippen molar-refractivity contribution in [1.29, 1.82) is 5.26 Å². The third kappa shape index (κ3) is 3.58. The molecule has 20 heavy (non-hydrogen) atoms. The van der Waals surface area contributed by atoms with E-state index in [2.05, 4.69) is 6.92 Å². The van der Waals surface area contributed by atoms with Crippen molar-refractivity contribution in [3.8, 4) is 17.6 Å². The van der Waals surface area contributed by atoms with Crippen molar-refractivity contribution in [2.75, 3.05) is 0 Å². The van der Waals surface area contributed by atoms with E-state index in [9.17, 15) is 4.39 Å². The molecule has 0 heterocycles. The summed E-state index contributed by atoms with van der Waals surface area (Å²) in [5.41, 5.74) is 1.53. The van der Waals surface area contributed by atoms with Crippen LogP contribution in [0.5, 0.6) is 11.5 Å². The molecule has 2 nitrogen and oxygen atoms in total. The van der Waals surface area contributed by atoms with Crippen LogP contribution >= 0.6 is 0 Å². The van der Waals surface area contributed by atoms with E-state index in [1.54, 1.807) is 0 Å². The maximum absolute atomic E-state index is 13.7. The number of benzene rings is 2. The summed E-state index contributed by atoms with van der Waals surface area (Å²) >= 11 is 0. The lowest BCUT2D eigenvalue weighted by Gasteiger charge is -2.08. The highest BCUT2D eigenvalue weighted by molar-refractivity contribution is 5.39. The van der Waals surface area contributed by atoms with Crippen molar-refractivity contribution in [2.45, 2.75) is 26.2 Å². The van der Waals surface area contributed by atoms with E-state index in [-0.39, 0.29) is 11.3 Å². The molecule has 2 rings (SSSR count). The molecule has 0 unspecified atom stereocenters. The van der Waals surface area contributed by atoms with Gasteiger partial charge >= 0.3 is 0 Å². The van der Waals surface area contributed by atoms with Crippen LogP contribution in [0.1, 0.15) is 30.9 Å². The number of nitrogens with zero attached hydrogens (tertiary/aromatic N) is 1. The lowest BCUT2D eigenvalue weighted by atomic mass is 10.1. The summed E-state index contributed by atoms with van der Waals surface area (Å²) in [4.78, 5) is 0. The predicted molar refractivity (Wildman–Crippen MR) is 76.2 cm³/mol. The number of halogens is 1. The van der Waals surface area contributed by atoms with Gasteiger partial charge in [-0.2, -0.15) is 5.26 Å². The van der Waals surface area contributed by atoms with Crippen molar-refractivity contribution in [2.24, 2.45) is 0 Å². The highest BCUT2D eigenvalue weighted by Crippen LogP contribution is 2.25. The Morgan fingerprint density at radius 3 is 2.50 bits per heavy atom. The number of nitriles is 1. The molecule has 0 atom stereocenters. The molecule has 0 fully saturated rings. The summed E-state index contributed by atoms with van der Waals surface area (Å²) < 4.78 is 19.2. The summed E-state index contributed by atoms with van der Waals surface area (Å²) in [6.07, 6.45) is 3.36. The zero-order chi connectivity index (χ0) is 14.4. The fraction of sp³-hybridized carbons (Fsp3) is 0.235. The van der Waals surface area contributed by atoms with Crippen molar-refractivity contribution in [3.63, 3.8) is 0 Å². The minimum absolute atomic E-state index is 0.130. The molecule has 0 radical (unpaired) electrons. The Bertz CT molecular complexity index is 614. The van der Waals surface area contributed by atoms with Crippen molar-refractivity contribution >= 4 is 0 Å². The molecule has 0 bridgehead atoms. The topological polar surface area (TPSA) is 33.0 Å². The molecule has 0 saturated carbocycles. The average molecular weight is 269 g/mol. The molecule has 0 aromatic heterocycles. The maximum atomic E-state index is 13.7. The average Bonchev–Trinajstić information content (AvgIpc) is 2.48. The molecular weight excluding hydrogens is 253 g/mol. The number of ether oxygens (including phenoxy) is 1. The van der Waals surface area contributed by atoms with Gasteiger partial charge in [0.25, 0.3) is 0 Å². The highest BCUT2D eigenvalue weighted by Gasteiger charge is 2.06. The van der Waals surface area contributed by atoms with E-state index >= 15 is 0 Å². The van der Waals surface area contributed by atoms with Gasteiger partial charge < -0.3 is 4.74 Å². The van der Waals surface area contributed by atoms with E-state index in [4.69, 9.17) is 10.00 Å². The summed E-state index contributed by atoms with van der Waals surface area (Å²) in [6, 6.07) is 13.7. The smallest absolute Gasteiger partial charge is 0.167 e. The van der Waals surface area contributed by atoms with Gasteiger partial charge in [0.15, 0.2) is 11.6 Å². The summed E-state index contributed by atoms with van der Waals surface area (Å²) in [6.45, 7) is 2.16. The van der Waals surface area contributed by atoms with Crippen LogP contribution in [0.2, 0.25) is 0 Å². The van der Waals surface area contributed by atoms with E-state index in [1.807, 2.05) is 30.3 Å². The summed E-state index contributed by atoms with van der Waals surface area (Å²) in [5.74, 6) is 0.193. The summed E-state index contributed by atoms with van der Waals surface area (Å²) in [5, 5.41) is 8.69. The maximum Gasteiger partial charge on any atom is 0.167 e. The normalized spacial score (nSPS) is 10.1. The van der Waals surface area contributed by atoms with Crippen LogP contribution in [0.4, 0.5) is 4.39 Å². The number of aryl methyl sites for hydroxylation is 1.